The number of likely N-dealkylation sites (N-methyl/N-ethyl adjacent to an activating group) is 1. The molecule has 0 N–H and O–H groups in total. The normalized spacial score (nSPS) is 21.3. The van der Waals surface area contributed by atoms with Crippen molar-refractivity contribution in [3.8, 4) is 0 Å². The van der Waals surface area contributed by atoms with Crippen molar-refractivity contribution in [2.24, 2.45) is 0 Å². The summed E-state index contributed by atoms with van der Waals surface area (Å²) in [6, 6.07) is -0.123. The van der Waals surface area contributed by atoms with E-state index in [0.29, 0.717) is 19.5 Å². The summed E-state index contributed by atoms with van der Waals surface area (Å²) in [4.78, 5) is 16.3. The second-order valence-corrected chi connectivity index (χ2v) is 7.74. The van der Waals surface area contributed by atoms with Crippen LogP contribution in [0.5, 0.6) is 0 Å². The van der Waals surface area contributed by atoms with E-state index in [1.807, 2.05) is 6.92 Å². The highest BCUT2D eigenvalue weighted by Crippen LogP contribution is 2.18. The van der Waals surface area contributed by atoms with Crippen LogP contribution in [0.25, 0.3) is 0 Å². The third-order valence-electron chi connectivity index (χ3n) is 3.75. The lowest BCUT2D eigenvalue weighted by atomic mass is 10.2. The van der Waals surface area contributed by atoms with Crippen molar-refractivity contribution in [2.45, 2.75) is 46.1 Å². The number of rotatable bonds is 8. The summed E-state index contributed by atoms with van der Waals surface area (Å²) in [6.45, 7) is 8.97. The Labute approximate surface area is 123 Å². The van der Waals surface area contributed by atoms with Crippen LogP contribution in [-0.4, -0.2) is 67.9 Å². The van der Waals surface area contributed by atoms with E-state index in [0.717, 1.165) is 25.9 Å². The number of nitrogens with zero attached hydrogens (tertiary/aromatic N) is 2. The molecule has 0 aromatic heterocycles. The average Bonchev–Trinajstić information content (AvgIpc) is 2.71. The first-order valence-corrected chi connectivity index (χ1v) is 9.47. The van der Waals surface area contributed by atoms with E-state index in [-0.39, 0.29) is 23.5 Å². The highest BCUT2D eigenvalue weighted by molar-refractivity contribution is 7.91. The zero-order valence-corrected chi connectivity index (χ0v) is 13.8. The summed E-state index contributed by atoms with van der Waals surface area (Å²) in [6.07, 6.45) is 2.64. The molecule has 0 bridgehead atoms. The van der Waals surface area contributed by atoms with Gasteiger partial charge < -0.3 is 4.90 Å². The number of sulfone groups is 1. The van der Waals surface area contributed by atoms with Gasteiger partial charge in [0.1, 0.15) is 0 Å². The quantitative estimate of drug-likeness (QED) is 0.675. The Hall–Kier alpha value is -0.620. The Morgan fingerprint density at radius 2 is 1.75 bits per heavy atom. The van der Waals surface area contributed by atoms with Crippen LogP contribution in [0, 0.1) is 0 Å². The zero-order chi connectivity index (χ0) is 15.2. The first kappa shape index (κ1) is 17.4. The van der Waals surface area contributed by atoms with Gasteiger partial charge in [-0.2, -0.15) is 0 Å². The summed E-state index contributed by atoms with van der Waals surface area (Å²) in [5.41, 5.74) is 0. The van der Waals surface area contributed by atoms with Crippen molar-refractivity contribution in [2.75, 3.05) is 37.7 Å². The fraction of sp³-hybridized carbons (Fsp3) is 0.929. The Morgan fingerprint density at radius 3 is 2.15 bits per heavy atom. The second-order valence-electron chi connectivity index (χ2n) is 5.51. The van der Waals surface area contributed by atoms with E-state index in [9.17, 15) is 13.2 Å². The van der Waals surface area contributed by atoms with Crippen LogP contribution in [-0.2, 0) is 14.6 Å². The summed E-state index contributed by atoms with van der Waals surface area (Å²) in [7, 11) is -2.94. The van der Waals surface area contributed by atoms with Crippen molar-refractivity contribution < 1.29 is 13.2 Å². The van der Waals surface area contributed by atoms with Crippen molar-refractivity contribution in [1.82, 2.24) is 9.80 Å². The van der Waals surface area contributed by atoms with Gasteiger partial charge in [0, 0.05) is 12.6 Å². The first-order valence-electron chi connectivity index (χ1n) is 7.65. The van der Waals surface area contributed by atoms with Crippen LogP contribution in [0.3, 0.4) is 0 Å². The largest absolute Gasteiger partial charge is 0.338 e. The Kier molecular flexibility index (Phi) is 6.95. The molecule has 5 nitrogen and oxygen atoms in total. The van der Waals surface area contributed by atoms with Crippen molar-refractivity contribution in [3.05, 3.63) is 0 Å². The molecule has 0 radical (unpaired) electrons. The fourth-order valence-electron chi connectivity index (χ4n) is 2.84. The second kappa shape index (κ2) is 7.98. The van der Waals surface area contributed by atoms with E-state index in [1.165, 1.54) is 0 Å². The number of hydrogen-bond acceptors (Lipinski definition) is 4. The molecule has 118 valence electrons. The zero-order valence-electron chi connectivity index (χ0n) is 13.0. The highest BCUT2D eigenvalue weighted by atomic mass is 32.2. The van der Waals surface area contributed by atoms with Gasteiger partial charge in [-0.1, -0.05) is 13.8 Å². The molecule has 1 rings (SSSR count). The molecule has 1 atom stereocenters. The van der Waals surface area contributed by atoms with Crippen LogP contribution >= 0.6 is 0 Å². The molecule has 6 heteroatoms. The average molecular weight is 304 g/mol. The van der Waals surface area contributed by atoms with E-state index >= 15 is 0 Å². The van der Waals surface area contributed by atoms with E-state index in [2.05, 4.69) is 18.7 Å². The van der Waals surface area contributed by atoms with Gasteiger partial charge in [-0.05, 0) is 39.3 Å². The van der Waals surface area contributed by atoms with E-state index in [4.69, 9.17) is 0 Å². The molecule has 1 unspecified atom stereocenters. The maximum absolute atomic E-state index is 12.4. The number of amides is 1. The van der Waals surface area contributed by atoms with Crippen molar-refractivity contribution in [1.29, 1.82) is 0 Å². The monoisotopic (exact) mass is 304 g/mol. The minimum atomic E-state index is -2.94. The van der Waals surface area contributed by atoms with Gasteiger partial charge in [0.05, 0.1) is 18.1 Å². The van der Waals surface area contributed by atoms with Gasteiger partial charge in [0.15, 0.2) is 9.84 Å². The van der Waals surface area contributed by atoms with E-state index < -0.39 is 9.84 Å². The highest BCUT2D eigenvalue weighted by Gasteiger charge is 2.34. The molecule has 1 amide bonds. The standard InChI is InChI=1S/C14H28N2O3S/c1-4-8-15(9-5-2)11-14(17)16(6-3)13-7-10-20(18,19)12-13/h13H,4-12H2,1-3H3. The maximum atomic E-state index is 12.4. The molecule has 0 aromatic carbocycles. The lowest BCUT2D eigenvalue weighted by molar-refractivity contribution is -0.134. The molecule has 0 aromatic rings. The molecule has 0 spiro atoms. The summed E-state index contributed by atoms with van der Waals surface area (Å²) >= 11 is 0. The van der Waals surface area contributed by atoms with Gasteiger partial charge in [-0.25, -0.2) is 8.42 Å². The number of carbonyl (C=O) groups excluding carboxylic acids is 1. The predicted octanol–water partition coefficient (Wildman–Crippen LogP) is 1.14. The van der Waals surface area contributed by atoms with E-state index in [1.54, 1.807) is 4.90 Å². The minimum absolute atomic E-state index is 0.0662. The van der Waals surface area contributed by atoms with Crippen LogP contribution in [0.4, 0.5) is 0 Å². The maximum Gasteiger partial charge on any atom is 0.237 e. The topological polar surface area (TPSA) is 57.7 Å². The van der Waals surface area contributed by atoms with Gasteiger partial charge in [0.2, 0.25) is 5.91 Å². The van der Waals surface area contributed by atoms with Crippen LogP contribution in [0.15, 0.2) is 0 Å². The smallest absolute Gasteiger partial charge is 0.237 e. The Balaban J connectivity index is 2.62. The van der Waals surface area contributed by atoms with Crippen LogP contribution < -0.4 is 0 Å². The van der Waals surface area contributed by atoms with Crippen molar-refractivity contribution >= 4 is 15.7 Å². The van der Waals surface area contributed by atoms with Crippen LogP contribution in [0.2, 0.25) is 0 Å². The molecular weight excluding hydrogens is 276 g/mol. The first-order chi connectivity index (χ1) is 9.43. The van der Waals surface area contributed by atoms with Gasteiger partial charge in [-0.15, -0.1) is 0 Å². The van der Waals surface area contributed by atoms with Gasteiger partial charge in [0.25, 0.3) is 0 Å². The molecule has 0 aliphatic carbocycles. The molecule has 1 saturated heterocycles. The lowest BCUT2D eigenvalue weighted by Gasteiger charge is -2.30. The minimum Gasteiger partial charge on any atom is -0.338 e. The van der Waals surface area contributed by atoms with Crippen LogP contribution in [0.1, 0.15) is 40.0 Å². The molecule has 1 fully saturated rings. The number of hydrogen-bond donors (Lipinski definition) is 0. The third-order valence-corrected chi connectivity index (χ3v) is 5.50. The molecule has 1 heterocycles. The molecular formula is C14H28N2O3S. The Morgan fingerprint density at radius 1 is 1.15 bits per heavy atom. The molecule has 1 aliphatic heterocycles. The third kappa shape index (κ3) is 5.05. The fourth-order valence-corrected chi connectivity index (χ4v) is 4.57. The Bertz CT molecular complexity index is 403. The van der Waals surface area contributed by atoms with Gasteiger partial charge >= 0.3 is 0 Å². The summed E-state index contributed by atoms with van der Waals surface area (Å²) in [5.74, 6) is 0.417. The molecule has 0 saturated carbocycles. The summed E-state index contributed by atoms with van der Waals surface area (Å²) < 4.78 is 23.1. The van der Waals surface area contributed by atoms with Gasteiger partial charge in [-0.3, -0.25) is 9.69 Å². The molecule has 1 aliphatic rings. The SMILES string of the molecule is CCCN(CCC)CC(=O)N(CC)C1CCS(=O)(=O)C1. The molecule has 20 heavy (non-hydrogen) atoms. The summed E-state index contributed by atoms with van der Waals surface area (Å²) in [5, 5.41) is 0. The lowest BCUT2D eigenvalue weighted by Crippen LogP contribution is -2.46. The van der Waals surface area contributed by atoms with Crippen molar-refractivity contribution in [3.63, 3.8) is 0 Å². The predicted molar refractivity (Wildman–Crippen MR) is 81.5 cm³/mol. The number of carbonyl (C=O) groups is 1.